The summed E-state index contributed by atoms with van der Waals surface area (Å²) in [4.78, 5) is 0. The summed E-state index contributed by atoms with van der Waals surface area (Å²) in [5.41, 5.74) is 5.90. The van der Waals surface area contributed by atoms with E-state index in [1.807, 2.05) is 0 Å². The molecule has 1 aliphatic rings. The first-order valence-electron chi connectivity index (χ1n) is 5.89. The summed E-state index contributed by atoms with van der Waals surface area (Å²) >= 11 is 0. The van der Waals surface area contributed by atoms with Crippen LogP contribution in [0, 0.1) is 5.92 Å². The van der Waals surface area contributed by atoms with Crippen LogP contribution >= 0.6 is 0 Å². The second kappa shape index (κ2) is 6.45. The summed E-state index contributed by atoms with van der Waals surface area (Å²) in [6, 6.07) is -0.00612. The highest BCUT2D eigenvalue weighted by molar-refractivity contribution is 4.77. The first-order valence-corrected chi connectivity index (χ1v) is 5.89. The van der Waals surface area contributed by atoms with Crippen molar-refractivity contribution in [2.24, 2.45) is 11.7 Å². The largest absolute Gasteiger partial charge is 0.389 e. The SMILES string of the molecule is NC(COCCCC(F)(F)F)C1CCCC1. The summed E-state index contributed by atoms with van der Waals surface area (Å²) in [6.45, 7) is 0.544. The van der Waals surface area contributed by atoms with Gasteiger partial charge in [0.2, 0.25) is 0 Å². The highest BCUT2D eigenvalue weighted by Gasteiger charge is 2.26. The fraction of sp³-hybridized carbons (Fsp3) is 1.00. The second-order valence-corrected chi connectivity index (χ2v) is 4.50. The molecule has 1 unspecified atom stereocenters. The van der Waals surface area contributed by atoms with Gasteiger partial charge in [0, 0.05) is 19.1 Å². The summed E-state index contributed by atoms with van der Waals surface area (Å²) in [5, 5.41) is 0. The molecule has 0 heterocycles. The molecule has 1 saturated carbocycles. The van der Waals surface area contributed by atoms with Gasteiger partial charge in [0.15, 0.2) is 0 Å². The smallest absolute Gasteiger partial charge is 0.380 e. The number of nitrogens with two attached hydrogens (primary N) is 1. The Labute approximate surface area is 94.3 Å². The molecule has 96 valence electrons. The molecule has 1 atom stereocenters. The van der Waals surface area contributed by atoms with Gasteiger partial charge in [-0.25, -0.2) is 0 Å². The zero-order valence-corrected chi connectivity index (χ0v) is 9.43. The van der Waals surface area contributed by atoms with Gasteiger partial charge in [0.05, 0.1) is 6.61 Å². The lowest BCUT2D eigenvalue weighted by Gasteiger charge is -2.18. The third-order valence-electron chi connectivity index (χ3n) is 3.06. The van der Waals surface area contributed by atoms with Crippen LogP contribution < -0.4 is 5.73 Å². The predicted octanol–water partition coefficient (Wildman–Crippen LogP) is 2.86. The summed E-state index contributed by atoms with van der Waals surface area (Å²) in [5.74, 6) is 0.502. The molecule has 1 aliphatic carbocycles. The Kier molecular flexibility index (Phi) is 5.55. The molecule has 0 aromatic rings. The Morgan fingerprint density at radius 2 is 1.88 bits per heavy atom. The van der Waals surface area contributed by atoms with Gasteiger partial charge >= 0.3 is 6.18 Å². The summed E-state index contributed by atoms with van der Waals surface area (Å²) in [7, 11) is 0. The number of halogens is 3. The first-order chi connectivity index (χ1) is 7.49. The lowest BCUT2D eigenvalue weighted by Crippen LogP contribution is -2.33. The maximum absolute atomic E-state index is 11.8. The zero-order valence-electron chi connectivity index (χ0n) is 9.43. The van der Waals surface area contributed by atoms with Crippen molar-refractivity contribution in [2.45, 2.75) is 50.7 Å². The standard InChI is InChI=1S/C11H20F3NO/c12-11(13,14)6-3-7-16-8-10(15)9-4-1-2-5-9/h9-10H,1-8,15H2. The Morgan fingerprint density at radius 1 is 1.25 bits per heavy atom. The minimum Gasteiger partial charge on any atom is -0.380 e. The molecular weight excluding hydrogens is 219 g/mol. The van der Waals surface area contributed by atoms with Crippen LogP contribution in [0.4, 0.5) is 13.2 Å². The van der Waals surface area contributed by atoms with Gasteiger partial charge in [0.25, 0.3) is 0 Å². The van der Waals surface area contributed by atoms with E-state index in [1.165, 1.54) is 12.8 Å². The third-order valence-corrected chi connectivity index (χ3v) is 3.06. The normalized spacial score (nSPS) is 20.2. The van der Waals surface area contributed by atoms with Gasteiger partial charge in [-0.3, -0.25) is 0 Å². The van der Waals surface area contributed by atoms with E-state index < -0.39 is 12.6 Å². The molecule has 0 aromatic carbocycles. The molecule has 0 spiro atoms. The highest BCUT2D eigenvalue weighted by Crippen LogP contribution is 2.27. The van der Waals surface area contributed by atoms with Gasteiger partial charge in [-0.05, 0) is 25.2 Å². The van der Waals surface area contributed by atoms with E-state index in [0.29, 0.717) is 12.5 Å². The minimum absolute atomic E-state index is 0.00612. The van der Waals surface area contributed by atoms with E-state index in [-0.39, 0.29) is 19.1 Å². The van der Waals surface area contributed by atoms with Gasteiger partial charge in [-0.15, -0.1) is 0 Å². The molecule has 5 heteroatoms. The van der Waals surface area contributed by atoms with E-state index in [4.69, 9.17) is 10.5 Å². The average Bonchev–Trinajstić information content (AvgIpc) is 2.67. The average molecular weight is 239 g/mol. The van der Waals surface area contributed by atoms with Crippen LogP contribution in [-0.2, 0) is 4.74 Å². The maximum Gasteiger partial charge on any atom is 0.389 e. The highest BCUT2D eigenvalue weighted by atomic mass is 19.4. The van der Waals surface area contributed by atoms with Crippen molar-refractivity contribution in [3.8, 4) is 0 Å². The van der Waals surface area contributed by atoms with Crippen molar-refractivity contribution in [1.82, 2.24) is 0 Å². The van der Waals surface area contributed by atoms with E-state index in [1.54, 1.807) is 0 Å². The zero-order chi connectivity index (χ0) is 12.0. The molecule has 16 heavy (non-hydrogen) atoms. The molecule has 2 N–H and O–H groups in total. The van der Waals surface area contributed by atoms with Crippen LogP contribution in [0.2, 0.25) is 0 Å². The van der Waals surface area contributed by atoms with E-state index in [0.717, 1.165) is 12.8 Å². The van der Waals surface area contributed by atoms with Crippen molar-refractivity contribution < 1.29 is 17.9 Å². The topological polar surface area (TPSA) is 35.2 Å². The van der Waals surface area contributed by atoms with Crippen LogP contribution in [0.15, 0.2) is 0 Å². The van der Waals surface area contributed by atoms with Gasteiger partial charge in [0.1, 0.15) is 0 Å². The Bertz CT molecular complexity index is 190. The first kappa shape index (κ1) is 13.8. The monoisotopic (exact) mass is 239 g/mol. The number of hydrogen-bond donors (Lipinski definition) is 1. The van der Waals surface area contributed by atoms with Crippen molar-refractivity contribution in [3.05, 3.63) is 0 Å². The fourth-order valence-electron chi connectivity index (χ4n) is 2.12. The molecule has 0 bridgehead atoms. The fourth-order valence-corrected chi connectivity index (χ4v) is 2.12. The van der Waals surface area contributed by atoms with Crippen molar-refractivity contribution in [1.29, 1.82) is 0 Å². The number of alkyl halides is 3. The Hall–Kier alpha value is -0.290. The number of rotatable bonds is 6. The molecule has 0 amide bonds. The summed E-state index contributed by atoms with van der Waals surface area (Å²) in [6.07, 6.45) is -0.123. The lowest BCUT2D eigenvalue weighted by molar-refractivity contribution is -0.138. The van der Waals surface area contributed by atoms with E-state index >= 15 is 0 Å². The van der Waals surface area contributed by atoms with Crippen LogP contribution in [-0.4, -0.2) is 25.4 Å². The van der Waals surface area contributed by atoms with Crippen LogP contribution in [0.3, 0.4) is 0 Å². The van der Waals surface area contributed by atoms with E-state index in [2.05, 4.69) is 0 Å². The molecule has 0 aliphatic heterocycles. The molecule has 0 saturated heterocycles. The van der Waals surface area contributed by atoms with Crippen molar-refractivity contribution in [2.75, 3.05) is 13.2 Å². The molecule has 1 fully saturated rings. The lowest BCUT2D eigenvalue weighted by atomic mass is 10.00. The van der Waals surface area contributed by atoms with E-state index in [9.17, 15) is 13.2 Å². The Morgan fingerprint density at radius 3 is 2.44 bits per heavy atom. The van der Waals surface area contributed by atoms with Gasteiger partial charge in [-0.1, -0.05) is 12.8 Å². The molecular formula is C11H20F3NO. The van der Waals surface area contributed by atoms with Crippen LogP contribution in [0.1, 0.15) is 38.5 Å². The summed E-state index contributed by atoms with van der Waals surface area (Å²) < 4.78 is 40.6. The van der Waals surface area contributed by atoms with Crippen LogP contribution in [0.5, 0.6) is 0 Å². The van der Waals surface area contributed by atoms with Gasteiger partial charge in [-0.2, -0.15) is 13.2 Å². The van der Waals surface area contributed by atoms with Crippen LogP contribution in [0.25, 0.3) is 0 Å². The second-order valence-electron chi connectivity index (χ2n) is 4.50. The Balaban J connectivity index is 1.98. The number of hydrogen-bond acceptors (Lipinski definition) is 2. The molecule has 0 radical (unpaired) electrons. The predicted molar refractivity (Wildman–Crippen MR) is 56.0 cm³/mol. The van der Waals surface area contributed by atoms with Crippen molar-refractivity contribution >= 4 is 0 Å². The quantitative estimate of drug-likeness (QED) is 0.723. The maximum atomic E-state index is 11.8. The van der Waals surface area contributed by atoms with Crippen molar-refractivity contribution in [3.63, 3.8) is 0 Å². The molecule has 0 aromatic heterocycles. The third kappa shape index (κ3) is 5.70. The van der Waals surface area contributed by atoms with Gasteiger partial charge < -0.3 is 10.5 Å². The molecule has 2 nitrogen and oxygen atoms in total. The molecule has 1 rings (SSSR count). The number of ether oxygens (including phenoxy) is 1. The minimum atomic E-state index is -4.07.